The minimum absolute atomic E-state index is 0.203. The molecule has 0 aromatic heterocycles. The highest BCUT2D eigenvalue weighted by Crippen LogP contribution is 2.32. The van der Waals surface area contributed by atoms with E-state index in [9.17, 15) is 4.79 Å². The Morgan fingerprint density at radius 3 is 3.12 bits per heavy atom. The third-order valence-electron chi connectivity index (χ3n) is 2.94. The van der Waals surface area contributed by atoms with Gasteiger partial charge in [-0.1, -0.05) is 24.3 Å². The summed E-state index contributed by atoms with van der Waals surface area (Å²) in [7, 11) is 0. The number of carbonyl (C=O) groups excluding carboxylic acids is 1. The maximum atomic E-state index is 12.2. The van der Waals surface area contributed by atoms with E-state index >= 15 is 0 Å². The molecule has 1 aromatic carbocycles. The SMILES string of the molecule is C=CCSCC(=O)N1c2ccccc2CC1C. The number of hydrogen-bond acceptors (Lipinski definition) is 2. The summed E-state index contributed by atoms with van der Waals surface area (Å²) in [4.78, 5) is 14.1. The summed E-state index contributed by atoms with van der Waals surface area (Å²) in [6.07, 6.45) is 2.80. The number of amides is 1. The van der Waals surface area contributed by atoms with E-state index in [1.165, 1.54) is 5.56 Å². The van der Waals surface area contributed by atoms with Crippen molar-refractivity contribution in [2.75, 3.05) is 16.4 Å². The van der Waals surface area contributed by atoms with E-state index in [2.05, 4.69) is 19.6 Å². The zero-order valence-electron chi connectivity index (χ0n) is 10.1. The van der Waals surface area contributed by atoms with Gasteiger partial charge in [-0.25, -0.2) is 0 Å². The van der Waals surface area contributed by atoms with E-state index in [0.29, 0.717) is 5.75 Å². The summed E-state index contributed by atoms with van der Waals surface area (Å²) in [5.41, 5.74) is 2.37. The Kier molecular flexibility index (Phi) is 3.89. The van der Waals surface area contributed by atoms with E-state index in [4.69, 9.17) is 0 Å². The smallest absolute Gasteiger partial charge is 0.237 e. The summed E-state index contributed by atoms with van der Waals surface area (Å²) in [6.45, 7) is 5.77. The molecule has 0 spiro atoms. The van der Waals surface area contributed by atoms with Crippen LogP contribution >= 0.6 is 11.8 Å². The highest BCUT2D eigenvalue weighted by molar-refractivity contribution is 8.00. The molecule has 0 fully saturated rings. The minimum Gasteiger partial charge on any atom is -0.308 e. The lowest BCUT2D eigenvalue weighted by Gasteiger charge is -2.22. The van der Waals surface area contributed by atoms with Gasteiger partial charge in [0.15, 0.2) is 0 Å². The number of nitrogens with zero attached hydrogens (tertiary/aromatic N) is 1. The van der Waals surface area contributed by atoms with Crippen LogP contribution < -0.4 is 4.90 Å². The molecular formula is C14H17NOS. The summed E-state index contributed by atoms with van der Waals surface area (Å²) in [5.74, 6) is 1.56. The van der Waals surface area contributed by atoms with E-state index in [1.807, 2.05) is 29.2 Å². The monoisotopic (exact) mass is 247 g/mol. The van der Waals surface area contributed by atoms with Gasteiger partial charge in [0.25, 0.3) is 0 Å². The molecule has 0 bridgehead atoms. The molecule has 1 atom stereocenters. The first-order valence-corrected chi connectivity index (χ1v) is 6.98. The van der Waals surface area contributed by atoms with Crippen LogP contribution in [0.1, 0.15) is 12.5 Å². The first-order valence-electron chi connectivity index (χ1n) is 5.82. The summed E-state index contributed by atoms with van der Waals surface area (Å²) < 4.78 is 0. The third-order valence-corrected chi connectivity index (χ3v) is 3.86. The summed E-state index contributed by atoms with van der Waals surface area (Å²) >= 11 is 1.62. The molecule has 2 nitrogen and oxygen atoms in total. The molecule has 0 N–H and O–H groups in total. The molecule has 90 valence electrons. The number of hydrogen-bond donors (Lipinski definition) is 0. The van der Waals surface area contributed by atoms with Gasteiger partial charge in [-0.05, 0) is 25.0 Å². The predicted octanol–water partition coefficient (Wildman–Crippen LogP) is 2.88. The molecule has 0 saturated heterocycles. The van der Waals surface area contributed by atoms with E-state index in [1.54, 1.807) is 11.8 Å². The Hall–Kier alpha value is -1.22. The number of fused-ring (bicyclic) bond motifs is 1. The second kappa shape index (κ2) is 5.41. The quantitative estimate of drug-likeness (QED) is 0.602. The van der Waals surface area contributed by atoms with Crippen molar-refractivity contribution in [1.29, 1.82) is 0 Å². The molecule has 3 heteroatoms. The number of anilines is 1. The molecule has 0 aliphatic carbocycles. The minimum atomic E-state index is 0.203. The van der Waals surface area contributed by atoms with Gasteiger partial charge < -0.3 is 4.90 Å². The fraction of sp³-hybridized carbons (Fsp3) is 0.357. The van der Waals surface area contributed by atoms with Crippen molar-refractivity contribution in [3.05, 3.63) is 42.5 Å². The van der Waals surface area contributed by atoms with Crippen LogP contribution in [0.2, 0.25) is 0 Å². The normalized spacial score (nSPS) is 17.9. The lowest BCUT2D eigenvalue weighted by Crippen LogP contribution is -2.37. The zero-order chi connectivity index (χ0) is 12.3. The standard InChI is InChI=1S/C14H17NOS/c1-3-8-17-10-14(16)15-11(2)9-12-6-4-5-7-13(12)15/h3-7,11H,1,8-10H2,2H3. The van der Waals surface area contributed by atoms with Crippen LogP contribution in [0, 0.1) is 0 Å². The Labute approximate surface area is 107 Å². The molecule has 0 radical (unpaired) electrons. The van der Waals surface area contributed by atoms with Crippen LogP contribution in [0.4, 0.5) is 5.69 Å². The van der Waals surface area contributed by atoms with Crippen molar-refractivity contribution >= 4 is 23.4 Å². The van der Waals surface area contributed by atoms with Gasteiger partial charge in [-0.3, -0.25) is 4.79 Å². The molecular weight excluding hydrogens is 230 g/mol. The molecule has 1 aliphatic heterocycles. The highest BCUT2D eigenvalue weighted by atomic mass is 32.2. The van der Waals surface area contributed by atoms with Crippen LogP contribution in [0.15, 0.2) is 36.9 Å². The summed E-state index contributed by atoms with van der Waals surface area (Å²) in [5, 5.41) is 0. The van der Waals surface area contributed by atoms with E-state index in [-0.39, 0.29) is 11.9 Å². The van der Waals surface area contributed by atoms with Gasteiger partial charge in [0, 0.05) is 17.5 Å². The van der Waals surface area contributed by atoms with Crippen molar-refractivity contribution in [2.45, 2.75) is 19.4 Å². The van der Waals surface area contributed by atoms with Crippen LogP contribution in [0.25, 0.3) is 0 Å². The molecule has 1 aliphatic rings. The molecule has 2 rings (SSSR count). The first-order chi connectivity index (χ1) is 8.24. The second-order valence-corrected chi connectivity index (χ2v) is 5.28. The second-order valence-electron chi connectivity index (χ2n) is 4.25. The van der Waals surface area contributed by atoms with Gasteiger partial charge in [0.1, 0.15) is 0 Å². The number of benzene rings is 1. The average molecular weight is 247 g/mol. The zero-order valence-corrected chi connectivity index (χ0v) is 10.9. The van der Waals surface area contributed by atoms with Crippen LogP contribution in [-0.2, 0) is 11.2 Å². The highest BCUT2D eigenvalue weighted by Gasteiger charge is 2.29. The van der Waals surface area contributed by atoms with Crippen molar-refractivity contribution in [3.63, 3.8) is 0 Å². The Balaban J connectivity index is 2.10. The van der Waals surface area contributed by atoms with Crippen LogP contribution in [0.3, 0.4) is 0 Å². The maximum Gasteiger partial charge on any atom is 0.237 e. The lowest BCUT2D eigenvalue weighted by molar-refractivity contribution is -0.116. The molecule has 1 amide bonds. The number of carbonyl (C=O) groups is 1. The Morgan fingerprint density at radius 1 is 1.59 bits per heavy atom. The molecule has 17 heavy (non-hydrogen) atoms. The number of rotatable bonds is 4. The van der Waals surface area contributed by atoms with Crippen LogP contribution in [0.5, 0.6) is 0 Å². The van der Waals surface area contributed by atoms with Crippen molar-refractivity contribution in [3.8, 4) is 0 Å². The van der Waals surface area contributed by atoms with E-state index in [0.717, 1.165) is 17.9 Å². The Morgan fingerprint density at radius 2 is 2.35 bits per heavy atom. The number of para-hydroxylation sites is 1. The largest absolute Gasteiger partial charge is 0.308 e. The average Bonchev–Trinajstić information content (AvgIpc) is 2.65. The van der Waals surface area contributed by atoms with Gasteiger partial charge in [-0.15, -0.1) is 18.3 Å². The fourth-order valence-electron chi connectivity index (χ4n) is 2.24. The van der Waals surface area contributed by atoms with Crippen molar-refractivity contribution in [1.82, 2.24) is 0 Å². The van der Waals surface area contributed by atoms with E-state index < -0.39 is 0 Å². The maximum absolute atomic E-state index is 12.2. The third kappa shape index (κ3) is 2.55. The lowest BCUT2D eigenvalue weighted by atomic mass is 10.1. The summed E-state index contributed by atoms with van der Waals surface area (Å²) in [6, 6.07) is 8.45. The van der Waals surface area contributed by atoms with Crippen molar-refractivity contribution < 1.29 is 4.79 Å². The van der Waals surface area contributed by atoms with Crippen LogP contribution in [-0.4, -0.2) is 23.5 Å². The molecule has 1 unspecified atom stereocenters. The van der Waals surface area contributed by atoms with Gasteiger partial charge >= 0.3 is 0 Å². The Bertz CT molecular complexity index is 430. The fourth-order valence-corrected chi connectivity index (χ4v) is 2.84. The number of thioether (sulfide) groups is 1. The van der Waals surface area contributed by atoms with Gasteiger partial charge in [-0.2, -0.15) is 0 Å². The van der Waals surface area contributed by atoms with Gasteiger partial charge in [0.2, 0.25) is 5.91 Å². The molecule has 1 aromatic rings. The molecule has 1 heterocycles. The van der Waals surface area contributed by atoms with Crippen molar-refractivity contribution in [2.24, 2.45) is 0 Å². The predicted molar refractivity (Wildman–Crippen MR) is 74.6 cm³/mol. The van der Waals surface area contributed by atoms with Gasteiger partial charge in [0.05, 0.1) is 5.75 Å². The molecule has 0 saturated carbocycles. The topological polar surface area (TPSA) is 20.3 Å². The first kappa shape index (κ1) is 12.2.